The summed E-state index contributed by atoms with van der Waals surface area (Å²) in [6.45, 7) is 4.38. The minimum Gasteiger partial charge on any atom is -0.383 e. The maximum Gasteiger partial charge on any atom is 0.198 e. The highest BCUT2D eigenvalue weighted by molar-refractivity contribution is 6.05. The van der Waals surface area contributed by atoms with E-state index in [0.29, 0.717) is 12.2 Å². The minimum absolute atomic E-state index is 0.0501. The molecule has 1 fully saturated rings. The molecule has 2 rings (SSSR count). The molecule has 0 amide bonds. The molecular weight excluding hydrogens is 216 g/mol. The van der Waals surface area contributed by atoms with Gasteiger partial charge in [0.1, 0.15) is 11.4 Å². The predicted octanol–water partition coefficient (Wildman–Crippen LogP) is 2.11. The van der Waals surface area contributed by atoms with Gasteiger partial charge in [-0.3, -0.25) is 4.79 Å². The summed E-state index contributed by atoms with van der Waals surface area (Å²) in [7, 11) is 0. The van der Waals surface area contributed by atoms with Crippen molar-refractivity contribution in [2.45, 2.75) is 38.7 Å². The first-order valence-electron chi connectivity index (χ1n) is 5.94. The Morgan fingerprint density at radius 1 is 1.53 bits per heavy atom. The van der Waals surface area contributed by atoms with Crippen molar-refractivity contribution in [1.29, 1.82) is 0 Å². The third kappa shape index (κ3) is 2.31. The first-order chi connectivity index (χ1) is 8.03. The molecular formula is C13H18N2O2. The molecule has 1 saturated heterocycles. The predicted molar refractivity (Wildman–Crippen MR) is 65.9 cm³/mol. The molecule has 92 valence electrons. The first kappa shape index (κ1) is 12.0. The molecule has 1 aromatic heterocycles. The smallest absolute Gasteiger partial charge is 0.198 e. The van der Waals surface area contributed by atoms with E-state index in [9.17, 15) is 4.79 Å². The summed E-state index contributed by atoms with van der Waals surface area (Å²) in [5, 5.41) is 0. The van der Waals surface area contributed by atoms with E-state index in [4.69, 9.17) is 10.5 Å². The van der Waals surface area contributed by atoms with Crippen molar-refractivity contribution < 1.29 is 9.53 Å². The van der Waals surface area contributed by atoms with Gasteiger partial charge in [0, 0.05) is 12.8 Å². The van der Waals surface area contributed by atoms with Crippen molar-refractivity contribution >= 4 is 11.6 Å². The lowest BCUT2D eigenvalue weighted by Crippen LogP contribution is -2.41. The number of ether oxygens (including phenoxy) is 1. The number of hydrogen-bond donors (Lipinski definition) is 1. The number of carbonyl (C=O) groups excluding carboxylic acids is 1. The van der Waals surface area contributed by atoms with Gasteiger partial charge in [-0.05, 0) is 44.7 Å². The Labute approximate surface area is 101 Å². The average Bonchev–Trinajstić information content (AvgIpc) is 2.32. The molecule has 1 aliphatic heterocycles. The second-order valence-corrected chi connectivity index (χ2v) is 4.81. The number of anilines is 1. The molecule has 2 heterocycles. The fourth-order valence-corrected chi connectivity index (χ4v) is 2.16. The molecule has 1 atom stereocenters. The zero-order valence-corrected chi connectivity index (χ0v) is 10.3. The van der Waals surface area contributed by atoms with Crippen LogP contribution in [0.3, 0.4) is 0 Å². The van der Waals surface area contributed by atoms with E-state index in [-0.39, 0.29) is 11.6 Å². The maximum absolute atomic E-state index is 12.4. The number of carbonyl (C=O) groups is 1. The lowest BCUT2D eigenvalue weighted by Gasteiger charge is -2.32. The van der Waals surface area contributed by atoms with Gasteiger partial charge in [0.25, 0.3) is 0 Å². The third-order valence-corrected chi connectivity index (χ3v) is 3.25. The number of nitrogens with zero attached hydrogens (tertiary/aromatic N) is 1. The van der Waals surface area contributed by atoms with Crippen LogP contribution < -0.4 is 5.73 Å². The molecule has 1 aliphatic rings. The summed E-state index contributed by atoms with van der Waals surface area (Å²) in [6, 6.07) is 1.79. The van der Waals surface area contributed by atoms with E-state index in [1.807, 2.05) is 13.8 Å². The van der Waals surface area contributed by atoms with Gasteiger partial charge >= 0.3 is 0 Å². The molecule has 4 heteroatoms. The van der Waals surface area contributed by atoms with Crippen LogP contribution in [0.1, 0.15) is 42.1 Å². The highest BCUT2D eigenvalue weighted by atomic mass is 16.5. The van der Waals surface area contributed by atoms with Crippen LogP contribution in [0.4, 0.5) is 5.82 Å². The number of ketones is 1. The largest absolute Gasteiger partial charge is 0.383 e. The number of pyridine rings is 1. The number of rotatable bonds is 2. The van der Waals surface area contributed by atoms with Crippen LogP contribution in [0.25, 0.3) is 0 Å². The van der Waals surface area contributed by atoms with Crippen LogP contribution in [0.5, 0.6) is 0 Å². The minimum atomic E-state index is -0.734. The van der Waals surface area contributed by atoms with Crippen LogP contribution in [0, 0.1) is 6.92 Å². The zero-order valence-electron chi connectivity index (χ0n) is 10.3. The maximum atomic E-state index is 12.4. The van der Waals surface area contributed by atoms with Crippen molar-refractivity contribution in [1.82, 2.24) is 4.98 Å². The Kier molecular flexibility index (Phi) is 3.15. The van der Waals surface area contributed by atoms with Crippen molar-refractivity contribution in [3.05, 3.63) is 23.4 Å². The number of nitrogens with two attached hydrogens (primary N) is 1. The van der Waals surface area contributed by atoms with Crippen molar-refractivity contribution in [3.63, 3.8) is 0 Å². The van der Waals surface area contributed by atoms with Crippen molar-refractivity contribution in [3.8, 4) is 0 Å². The first-order valence-corrected chi connectivity index (χ1v) is 5.94. The summed E-state index contributed by atoms with van der Waals surface area (Å²) in [5.41, 5.74) is 6.45. The lowest BCUT2D eigenvalue weighted by atomic mass is 9.87. The highest BCUT2D eigenvalue weighted by Gasteiger charge is 2.37. The Hall–Kier alpha value is -1.42. The van der Waals surface area contributed by atoms with Gasteiger partial charge in [0.15, 0.2) is 5.78 Å². The molecule has 0 radical (unpaired) electrons. The van der Waals surface area contributed by atoms with Crippen LogP contribution in [-0.4, -0.2) is 23.0 Å². The van der Waals surface area contributed by atoms with Gasteiger partial charge < -0.3 is 10.5 Å². The van der Waals surface area contributed by atoms with Gasteiger partial charge in [-0.1, -0.05) is 0 Å². The highest BCUT2D eigenvalue weighted by Crippen LogP contribution is 2.29. The van der Waals surface area contributed by atoms with Crippen LogP contribution in [0.2, 0.25) is 0 Å². The Balaban J connectivity index is 2.32. The summed E-state index contributed by atoms with van der Waals surface area (Å²) in [6.07, 6.45) is 4.45. The van der Waals surface area contributed by atoms with E-state index in [1.165, 1.54) is 0 Å². The molecule has 0 aliphatic carbocycles. The number of hydrogen-bond acceptors (Lipinski definition) is 4. The van der Waals surface area contributed by atoms with Crippen LogP contribution in [0.15, 0.2) is 12.3 Å². The molecule has 1 unspecified atom stereocenters. The third-order valence-electron chi connectivity index (χ3n) is 3.25. The van der Waals surface area contributed by atoms with Crippen LogP contribution in [-0.2, 0) is 4.74 Å². The molecule has 2 N–H and O–H groups in total. The van der Waals surface area contributed by atoms with E-state index in [2.05, 4.69) is 4.98 Å². The average molecular weight is 234 g/mol. The zero-order chi connectivity index (χ0) is 12.5. The van der Waals surface area contributed by atoms with Gasteiger partial charge in [0.2, 0.25) is 0 Å². The normalized spacial score (nSPS) is 24.6. The van der Waals surface area contributed by atoms with Gasteiger partial charge in [0.05, 0.1) is 5.56 Å². The van der Waals surface area contributed by atoms with Crippen molar-refractivity contribution in [2.75, 3.05) is 12.3 Å². The number of aryl methyl sites for hydroxylation is 1. The quantitative estimate of drug-likeness (QED) is 0.796. The standard InChI is InChI=1S/C13H18N2O2/c1-9-7-10(12(14)15-8-9)11(16)13(2)5-3-4-6-17-13/h7-8H,3-6H2,1-2H3,(H2,14,15). The molecule has 17 heavy (non-hydrogen) atoms. The summed E-state index contributed by atoms with van der Waals surface area (Å²) >= 11 is 0. The SMILES string of the molecule is Cc1cnc(N)c(C(=O)C2(C)CCCCO2)c1. The van der Waals surface area contributed by atoms with E-state index in [1.54, 1.807) is 12.3 Å². The van der Waals surface area contributed by atoms with Gasteiger partial charge in [-0.25, -0.2) is 4.98 Å². The van der Waals surface area contributed by atoms with E-state index >= 15 is 0 Å². The monoisotopic (exact) mass is 234 g/mol. The second-order valence-electron chi connectivity index (χ2n) is 4.81. The fourth-order valence-electron chi connectivity index (χ4n) is 2.16. The fraction of sp³-hybridized carbons (Fsp3) is 0.538. The molecule has 0 saturated carbocycles. The van der Waals surface area contributed by atoms with Gasteiger partial charge in [-0.15, -0.1) is 0 Å². The van der Waals surface area contributed by atoms with Crippen molar-refractivity contribution in [2.24, 2.45) is 0 Å². The summed E-state index contributed by atoms with van der Waals surface area (Å²) in [4.78, 5) is 16.5. The number of nitrogen functional groups attached to an aromatic ring is 1. The van der Waals surface area contributed by atoms with E-state index < -0.39 is 5.60 Å². The van der Waals surface area contributed by atoms with Gasteiger partial charge in [-0.2, -0.15) is 0 Å². The summed E-state index contributed by atoms with van der Waals surface area (Å²) < 4.78 is 5.64. The Morgan fingerprint density at radius 3 is 2.94 bits per heavy atom. The molecule has 1 aromatic rings. The number of Topliss-reactive ketones (excluding diaryl/α,β-unsaturated/α-hetero) is 1. The molecule has 0 spiro atoms. The van der Waals surface area contributed by atoms with Crippen LogP contribution >= 0.6 is 0 Å². The molecule has 0 bridgehead atoms. The topological polar surface area (TPSA) is 65.2 Å². The molecule has 4 nitrogen and oxygen atoms in total. The summed E-state index contributed by atoms with van der Waals surface area (Å²) in [5.74, 6) is 0.238. The Morgan fingerprint density at radius 2 is 2.29 bits per heavy atom. The van der Waals surface area contributed by atoms with E-state index in [0.717, 1.165) is 24.8 Å². The Bertz CT molecular complexity index is 437. The lowest BCUT2D eigenvalue weighted by molar-refractivity contribution is -0.0425. The molecule has 0 aromatic carbocycles. The second kappa shape index (κ2) is 4.45. The number of aromatic nitrogens is 1.